The third-order valence-corrected chi connectivity index (χ3v) is 5.52. The SMILES string of the molecule is COc1ccc(C)cc1CN1CCN(CC(=O)NCCc2cccc(Cl)c2)CC1. The average molecular weight is 416 g/mol. The summed E-state index contributed by atoms with van der Waals surface area (Å²) < 4.78 is 5.49. The first-order valence-corrected chi connectivity index (χ1v) is 10.5. The molecule has 6 heteroatoms. The maximum absolute atomic E-state index is 12.3. The van der Waals surface area contributed by atoms with Crippen LogP contribution in [0.4, 0.5) is 0 Å². The largest absolute Gasteiger partial charge is 0.496 e. The van der Waals surface area contributed by atoms with Gasteiger partial charge in [-0.1, -0.05) is 41.4 Å². The Morgan fingerprint density at radius 2 is 1.86 bits per heavy atom. The van der Waals surface area contributed by atoms with Crippen LogP contribution in [-0.2, 0) is 17.8 Å². The number of aryl methyl sites for hydroxylation is 1. The first-order valence-electron chi connectivity index (χ1n) is 10.1. The van der Waals surface area contributed by atoms with Crippen molar-refractivity contribution in [2.24, 2.45) is 0 Å². The van der Waals surface area contributed by atoms with E-state index in [4.69, 9.17) is 16.3 Å². The number of piperazine rings is 1. The van der Waals surface area contributed by atoms with Gasteiger partial charge in [0.1, 0.15) is 5.75 Å². The third-order valence-electron chi connectivity index (χ3n) is 5.29. The molecule has 0 bridgehead atoms. The van der Waals surface area contributed by atoms with Crippen molar-refractivity contribution < 1.29 is 9.53 Å². The number of halogens is 1. The molecule has 2 aromatic carbocycles. The normalized spacial score (nSPS) is 15.3. The summed E-state index contributed by atoms with van der Waals surface area (Å²) in [7, 11) is 1.72. The first-order chi connectivity index (χ1) is 14.0. The molecule has 0 radical (unpaired) electrons. The van der Waals surface area contributed by atoms with Crippen molar-refractivity contribution in [1.29, 1.82) is 0 Å². The zero-order valence-electron chi connectivity index (χ0n) is 17.3. The van der Waals surface area contributed by atoms with Crippen molar-refractivity contribution in [3.8, 4) is 5.75 Å². The molecule has 0 aromatic heterocycles. The number of nitrogens with zero attached hydrogens (tertiary/aromatic N) is 2. The molecule has 2 aromatic rings. The summed E-state index contributed by atoms with van der Waals surface area (Å²) in [5, 5.41) is 3.75. The van der Waals surface area contributed by atoms with Crippen molar-refractivity contribution in [3.05, 3.63) is 64.2 Å². The fourth-order valence-electron chi connectivity index (χ4n) is 3.68. The lowest BCUT2D eigenvalue weighted by molar-refractivity contribution is -0.122. The van der Waals surface area contributed by atoms with Gasteiger partial charge in [0.05, 0.1) is 13.7 Å². The minimum atomic E-state index is 0.0841. The lowest BCUT2D eigenvalue weighted by atomic mass is 10.1. The van der Waals surface area contributed by atoms with Gasteiger partial charge in [0.25, 0.3) is 0 Å². The number of ether oxygens (including phenoxy) is 1. The van der Waals surface area contributed by atoms with Crippen LogP contribution in [0.3, 0.4) is 0 Å². The van der Waals surface area contributed by atoms with E-state index in [1.807, 2.05) is 30.3 Å². The molecular formula is C23H30ClN3O2. The van der Waals surface area contributed by atoms with Crippen molar-refractivity contribution in [1.82, 2.24) is 15.1 Å². The van der Waals surface area contributed by atoms with Gasteiger partial charge in [-0.25, -0.2) is 0 Å². The summed E-state index contributed by atoms with van der Waals surface area (Å²) in [5.74, 6) is 1.03. The van der Waals surface area contributed by atoms with Gasteiger partial charge in [-0.05, 0) is 37.1 Å². The molecule has 156 valence electrons. The lowest BCUT2D eigenvalue weighted by Crippen LogP contribution is -2.49. The molecule has 1 aliphatic rings. The van der Waals surface area contributed by atoms with E-state index in [9.17, 15) is 4.79 Å². The molecule has 5 nitrogen and oxygen atoms in total. The zero-order valence-corrected chi connectivity index (χ0v) is 18.0. The maximum Gasteiger partial charge on any atom is 0.234 e. The van der Waals surface area contributed by atoms with E-state index in [2.05, 4.69) is 34.2 Å². The highest BCUT2D eigenvalue weighted by molar-refractivity contribution is 6.30. The smallest absolute Gasteiger partial charge is 0.234 e. The number of rotatable bonds is 8. The van der Waals surface area contributed by atoms with Crippen LogP contribution < -0.4 is 10.1 Å². The first kappa shape index (κ1) is 21.6. The molecule has 0 atom stereocenters. The molecule has 1 aliphatic heterocycles. The molecule has 1 saturated heterocycles. The monoisotopic (exact) mass is 415 g/mol. The van der Waals surface area contributed by atoms with Crippen LogP contribution in [0.2, 0.25) is 5.02 Å². The highest BCUT2D eigenvalue weighted by Gasteiger charge is 2.20. The summed E-state index contributed by atoms with van der Waals surface area (Å²) in [5.41, 5.74) is 3.60. The predicted octanol–water partition coefficient (Wildman–Crippen LogP) is 3.13. The van der Waals surface area contributed by atoms with Gasteiger partial charge in [0, 0.05) is 49.9 Å². The lowest BCUT2D eigenvalue weighted by Gasteiger charge is -2.34. The van der Waals surface area contributed by atoms with Crippen molar-refractivity contribution in [3.63, 3.8) is 0 Å². The number of hydrogen-bond acceptors (Lipinski definition) is 4. The Labute approximate surface area is 178 Å². The fraction of sp³-hybridized carbons (Fsp3) is 0.435. The van der Waals surface area contributed by atoms with Crippen LogP contribution in [-0.4, -0.2) is 62.1 Å². The molecule has 0 saturated carbocycles. The van der Waals surface area contributed by atoms with Gasteiger partial charge in [-0.2, -0.15) is 0 Å². The molecule has 1 heterocycles. The maximum atomic E-state index is 12.3. The molecular weight excluding hydrogens is 386 g/mol. The highest BCUT2D eigenvalue weighted by Crippen LogP contribution is 2.22. The Morgan fingerprint density at radius 3 is 2.59 bits per heavy atom. The van der Waals surface area contributed by atoms with E-state index in [1.165, 1.54) is 11.1 Å². The van der Waals surface area contributed by atoms with Gasteiger partial charge in [0.2, 0.25) is 5.91 Å². The summed E-state index contributed by atoms with van der Waals surface area (Å²) in [4.78, 5) is 16.9. The van der Waals surface area contributed by atoms with Crippen LogP contribution in [0, 0.1) is 6.92 Å². The Hall–Kier alpha value is -2.08. The number of carbonyl (C=O) groups is 1. The van der Waals surface area contributed by atoms with E-state index in [0.717, 1.165) is 55.5 Å². The molecule has 1 N–H and O–H groups in total. The van der Waals surface area contributed by atoms with E-state index in [-0.39, 0.29) is 5.91 Å². The topological polar surface area (TPSA) is 44.8 Å². The van der Waals surface area contributed by atoms with Crippen molar-refractivity contribution >= 4 is 17.5 Å². The minimum absolute atomic E-state index is 0.0841. The number of nitrogens with one attached hydrogen (secondary N) is 1. The van der Waals surface area contributed by atoms with Gasteiger partial charge < -0.3 is 10.1 Å². The van der Waals surface area contributed by atoms with E-state index in [0.29, 0.717) is 13.1 Å². The Kier molecular flexibility index (Phi) is 7.92. The second-order valence-electron chi connectivity index (χ2n) is 7.60. The van der Waals surface area contributed by atoms with Crippen LogP contribution in [0.25, 0.3) is 0 Å². The fourth-order valence-corrected chi connectivity index (χ4v) is 3.89. The van der Waals surface area contributed by atoms with E-state index >= 15 is 0 Å². The van der Waals surface area contributed by atoms with Crippen LogP contribution in [0.5, 0.6) is 5.75 Å². The van der Waals surface area contributed by atoms with E-state index < -0.39 is 0 Å². The van der Waals surface area contributed by atoms with Crippen molar-refractivity contribution in [2.75, 3.05) is 46.4 Å². The summed E-state index contributed by atoms with van der Waals surface area (Å²) >= 11 is 6.00. The summed E-state index contributed by atoms with van der Waals surface area (Å²) in [6, 6.07) is 14.1. The van der Waals surface area contributed by atoms with Gasteiger partial charge in [-0.15, -0.1) is 0 Å². The third kappa shape index (κ3) is 6.74. The summed E-state index contributed by atoms with van der Waals surface area (Å²) in [6.45, 7) is 7.77. The Bertz CT molecular complexity index is 820. The van der Waals surface area contributed by atoms with Crippen LogP contribution in [0.1, 0.15) is 16.7 Å². The number of carbonyl (C=O) groups excluding carboxylic acids is 1. The highest BCUT2D eigenvalue weighted by atomic mass is 35.5. The summed E-state index contributed by atoms with van der Waals surface area (Å²) in [6.07, 6.45) is 0.790. The number of hydrogen-bond donors (Lipinski definition) is 1. The van der Waals surface area contributed by atoms with Gasteiger partial charge >= 0.3 is 0 Å². The Morgan fingerprint density at radius 1 is 1.10 bits per heavy atom. The van der Waals surface area contributed by atoms with Gasteiger partial charge in [0.15, 0.2) is 0 Å². The quantitative estimate of drug-likeness (QED) is 0.719. The number of benzene rings is 2. The molecule has 0 aliphatic carbocycles. The standard InChI is InChI=1S/C23H30ClN3O2/c1-18-6-7-22(29-2)20(14-18)16-26-10-12-27(13-11-26)17-23(28)25-9-8-19-4-3-5-21(24)15-19/h3-7,14-15H,8-13,16-17H2,1-2H3,(H,25,28). The second-order valence-corrected chi connectivity index (χ2v) is 8.03. The molecule has 29 heavy (non-hydrogen) atoms. The Balaban J connectivity index is 1.38. The molecule has 0 unspecified atom stereocenters. The van der Waals surface area contributed by atoms with Crippen LogP contribution >= 0.6 is 11.6 Å². The predicted molar refractivity (Wildman–Crippen MR) is 118 cm³/mol. The molecule has 3 rings (SSSR count). The van der Waals surface area contributed by atoms with Gasteiger partial charge in [-0.3, -0.25) is 14.6 Å². The second kappa shape index (κ2) is 10.6. The average Bonchev–Trinajstić information content (AvgIpc) is 2.70. The number of amides is 1. The molecule has 0 spiro atoms. The minimum Gasteiger partial charge on any atom is -0.496 e. The van der Waals surface area contributed by atoms with E-state index in [1.54, 1.807) is 7.11 Å². The zero-order chi connectivity index (χ0) is 20.6. The van der Waals surface area contributed by atoms with Crippen molar-refractivity contribution in [2.45, 2.75) is 19.9 Å². The molecule has 1 fully saturated rings. The van der Waals surface area contributed by atoms with Crippen LogP contribution in [0.15, 0.2) is 42.5 Å². The number of methoxy groups -OCH3 is 1. The molecule has 1 amide bonds.